The van der Waals surface area contributed by atoms with Crippen molar-refractivity contribution in [3.63, 3.8) is 0 Å². The fraction of sp³-hybridized carbons (Fsp3) is 0.261. The number of halogens is 1. The number of amides is 1. The van der Waals surface area contributed by atoms with E-state index in [1.165, 1.54) is 30.3 Å². The molecular weight excluding hydrogens is 447 g/mol. The van der Waals surface area contributed by atoms with Crippen molar-refractivity contribution in [2.75, 3.05) is 18.5 Å². The number of benzene rings is 2. The number of rotatable bonds is 8. The number of hydrogen-bond donors (Lipinski definition) is 1. The van der Waals surface area contributed by atoms with Crippen molar-refractivity contribution in [2.24, 2.45) is 0 Å². The summed E-state index contributed by atoms with van der Waals surface area (Å²) in [7, 11) is 0. The summed E-state index contributed by atoms with van der Waals surface area (Å²) in [5.74, 6) is -1.61. The molecule has 11 heteroatoms. The molecular formula is C23H21FN4O6. The van der Waals surface area contributed by atoms with Crippen molar-refractivity contribution in [1.82, 2.24) is 9.78 Å². The number of esters is 1. The summed E-state index contributed by atoms with van der Waals surface area (Å²) in [6, 6.07) is 9.78. The highest BCUT2D eigenvalue weighted by molar-refractivity contribution is 5.97. The van der Waals surface area contributed by atoms with Gasteiger partial charge in [0.2, 0.25) is 0 Å². The van der Waals surface area contributed by atoms with Gasteiger partial charge in [0.05, 0.1) is 23.3 Å². The number of carbonyl (C=O) groups excluding carboxylic acids is 2. The molecule has 4 rings (SSSR count). The predicted octanol–water partition coefficient (Wildman–Crippen LogP) is 3.60. The van der Waals surface area contributed by atoms with Crippen LogP contribution in [0.2, 0.25) is 0 Å². The maximum atomic E-state index is 13.3. The van der Waals surface area contributed by atoms with Crippen molar-refractivity contribution < 1.29 is 28.4 Å². The fourth-order valence-electron chi connectivity index (χ4n) is 3.81. The third-order valence-electron chi connectivity index (χ3n) is 5.28. The van der Waals surface area contributed by atoms with Crippen LogP contribution in [0.15, 0.2) is 42.5 Å². The molecule has 1 aliphatic carbocycles. The Balaban J connectivity index is 1.45. The van der Waals surface area contributed by atoms with Crippen molar-refractivity contribution in [1.29, 1.82) is 0 Å². The lowest BCUT2D eigenvalue weighted by atomic mass is 10.2. The fourth-order valence-corrected chi connectivity index (χ4v) is 3.81. The molecule has 0 radical (unpaired) electrons. The standard InChI is InChI=1S/C23H21FN4O6/c1-2-33-16-10-11-18(20(12-16)28(31)32)25-21(29)13-34-23(30)22-17-4-3-5-19(17)27(26-22)15-8-6-14(24)7-9-15/h6-12H,2-5,13H2,1H3,(H,25,29). The van der Waals surface area contributed by atoms with Gasteiger partial charge in [0.1, 0.15) is 17.3 Å². The topological polar surface area (TPSA) is 126 Å². The molecule has 0 bridgehead atoms. The number of hydrogen-bond acceptors (Lipinski definition) is 7. The molecule has 0 saturated heterocycles. The maximum Gasteiger partial charge on any atom is 0.359 e. The first-order chi connectivity index (χ1) is 16.4. The van der Waals surface area contributed by atoms with E-state index in [0.717, 1.165) is 17.7 Å². The third kappa shape index (κ3) is 4.72. The molecule has 176 valence electrons. The van der Waals surface area contributed by atoms with Gasteiger partial charge < -0.3 is 14.8 Å². The highest BCUT2D eigenvalue weighted by Crippen LogP contribution is 2.30. The summed E-state index contributed by atoms with van der Waals surface area (Å²) in [5.41, 5.74) is 1.89. The van der Waals surface area contributed by atoms with Crippen LogP contribution in [0.25, 0.3) is 5.69 Å². The number of nitrogens with one attached hydrogen (secondary N) is 1. The highest BCUT2D eigenvalue weighted by Gasteiger charge is 2.28. The smallest absolute Gasteiger partial charge is 0.359 e. The minimum Gasteiger partial charge on any atom is -0.494 e. The van der Waals surface area contributed by atoms with Crippen LogP contribution in [0.4, 0.5) is 15.8 Å². The number of ether oxygens (including phenoxy) is 2. The molecule has 10 nitrogen and oxygen atoms in total. The summed E-state index contributed by atoms with van der Waals surface area (Å²) in [6.07, 6.45) is 2.16. The maximum absolute atomic E-state index is 13.3. The second-order valence-electron chi connectivity index (χ2n) is 7.51. The van der Waals surface area contributed by atoms with Crippen LogP contribution >= 0.6 is 0 Å². The molecule has 1 amide bonds. The Morgan fingerprint density at radius 2 is 1.97 bits per heavy atom. The van der Waals surface area contributed by atoms with E-state index >= 15 is 0 Å². The Kier molecular flexibility index (Phi) is 6.53. The number of aromatic nitrogens is 2. The molecule has 0 fully saturated rings. The Morgan fingerprint density at radius 3 is 2.68 bits per heavy atom. The lowest BCUT2D eigenvalue weighted by molar-refractivity contribution is -0.384. The van der Waals surface area contributed by atoms with Gasteiger partial charge in [-0.3, -0.25) is 14.9 Å². The van der Waals surface area contributed by atoms with Crippen LogP contribution in [0.3, 0.4) is 0 Å². The van der Waals surface area contributed by atoms with Crippen LogP contribution in [0, 0.1) is 15.9 Å². The molecule has 0 spiro atoms. The van der Waals surface area contributed by atoms with Gasteiger partial charge in [-0.15, -0.1) is 0 Å². The average molecular weight is 468 g/mol. The van der Waals surface area contributed by atoms with E-state index in [-0.39, 0.29) is 22.9 Å². The first kappa shape index (κ1) is 22.9. The Labute approximate surface area is 193 Å². The van der Waals surface area contributed by atoms with E-state index in [2.05, 4.69) is 10.4 Å². The van der Waals surface area contributed by atoms with Crippen molar-refractivity contribution in [3.8, 4) is 11.4 Å². The molecule has 0 saturated carbocycles. The summed E-state index contributed by atoms with van der Waals surface area (Å²) in [5, 5.41) is 18.1. The SMILES string of the molecule is CCOc1ccc(NC(=O)COC(=O)c2nn(-c3ccc(F)cc3)c3c2CCC3)c([N+](=O)[O-])c1. The Morgan fingerprint density at radius 1 is 1.21 bits per heavy atom. The second-order valence-corrected chi connectivity index (χ2v) is 7.51. The molecule has 2 aromatic carbocycles. The monoisotopic (exact) mass is 468 g/mol. The van der Waals surface area contributed by atoms with Crippen molar-refractivity contribution in [3.05, 3.63) is 75.3 Å². The van der Waals surface area contributed by atoms with Gasteiger partial charge in [0.25, 0.3) is 11.6 Å². The quantitative estimate of drug-likeness (QED) is 0.304. The summed E-state index contributed by atoms with van der Waals surface area (Å²) in [4.78, 5) is 35.7. The van der Waals surface area contributed by atoms with E-state index in [0.29, 0.717) is 30.9 Å². The third-order valence-corrected chi connectivity index (χ3v) is 5.28. The van der Waals surface area contributed by atoms with Crippen LogP contribution < -0.4 is 10.1 Å². The Hall–Kier alpha value is -4.28. The minimum absolute atomic E-state index is 0.0454. The lowest BCUT2D eigenvalue weighted by Crippen LogP contribution is -2.22. The average Bonchev–Trinajstić information content (AvgIpc) is 3.42. The first-order valence-electron chi connectivity index (χ1n) is 10.6. The molecule has 3 aromatic rings. The van der Waals surface area contributed by atoms with E-state index in [1.54, 1.807) is 23.7 Å². The zero-order valence-corrected chi connectivity index (χ0v) is 18.2. The number of nitro benzene ring substituents is 1. The lowest BCUT2D eigenvalue weighted by Gasteiger charge is -2.09. The predicted molar refractivity (Wildman–Crippen MR) is 119 cm³/mol. The normalized spacial score (nSPS) is 12.2. The van der Waals surface area contributed by atoms with Gasteiger partial charge in [-0.25, -0.2) is 13.9 Å². The molecule has 34 heavy (non-hydrogen) atoms. The number of carbonyl (C=O) groups is 2. The van der Waals surface area contributed by atoms with Crippen LogP contribution in [-0.4, -0.2) is 39.8 Å². The van der Waals surface area contributed by atoms with Crippen LogP contribution in [0.5, 0.6) is 5.75 Å². The number of anilines is 1. The van der Waals surface area contributed by atoms with Gasteiger partial charge >= 0.3 is 5.97 Å². The second kappa shape index (κ2) is 9.69. The van der Waals surface area contributed by atoms with E-state index in [1.807, 2.05) is 0 Å². The molecule has 1 heterocycles. The van der Waals surface area contributed by atoms with Gasteiger partial charge in [-0.05, 0) is 62.6 Å². The van der Waals surface area contributed by atoms with Gasteiger partial charge in [-0.2, -0.15) is 5.10 Å². The van der Waals surface area contributed by atoms with Crippen LogP contribution in [-0.2, 0) is 22.4 Å². The Bertz CT molecular complexity index is 1260. The molecule has 0 aliphatic heterocycles. The van der Waals surface area contributed by atoms with Gasteiger partial charge in [-0.1, -0.05) is 0 Å². The molecule has 0 atom stereocenters. The zero-order chi connectivity index (χ0) is 24.2. The molecule has 1 N–H and O–H groups in total. The van der Waals surface area contributed by atoms with Crippen molar-refractivity contribution in [2.45, 2.75) is 26.2 Å². The zero-order valence-electron chi connectivity index (χ0n) is 18.2. The molecule has 1 aliphatic rings. The minimum atomic E-state index is -0.782. The largest absolute Gasteiger partial charge is 0.494 e. The molecule has 1 aromatic heterocycles. The van der Waals surface area contributed by atoms with Crippen molar-refractivity contribution >= 4 is 23.3 Å². The van der Waals surface area contributed by atoms with E-state index in [4.69, 9.17) is 9.47 Å². The summed E-state index contributed by atoms with van der Waals surface area (Å²) < 4.78 is 25.2. The van der Waals surface area contributed by atoms with Gasteiger partial charge in [0, 0.05) is 11.3 Å². The van der Waals surface area contributed by atoms with Crippen LogP contribution in [0.1, 0.15) is 35.1 Å². The van der Waals surface area contributed by atoms with E-state index < -0.39 is 23.4 Å². The van der Waals surface area contributed by atoms with Gasteiger partial charge in [0.15, 0.2) is 12.3 Å². The first-order valence-corrected chi connectivity index (χ1v) is 10.6. The number of nitrogens with zero attached hydrogens (tertiary/aromatic N) is 3. The number of fused-ring (bicyclic) bond motifs is 1. The van der Waals surface area contributed by atoms with E-state index in [9.17, 15) is 24.1 Å². The summed E-state index contributed by atoms with van der Waals surface area (Å²) >= 11 is 0. The number of nitro groups is 1. The summed E-state index contributed by atoms with van der Waals surface area (Å²) in [6.45, 7) is 1.43. The highest BCUT2D eigenvalue weighted by atomic mass is 19.1. The molecule has 0 unspecified atom stereocenters.